The van der Waals surface area contributed by atoms with Crippen molar-refractivity contribution in [3.8, 4) is 0 Å². The number of carboxylic acid groups (broad SMARTS) is 1. The molecule has 0 aliphatic heterocycles. The van der Waals surface area contributed by atoms with E-state index in [1.165, 1.54) is 31.4 Å². The molecule has 9 heteroatoms. The van der Waals surface area contributed by atoms with Crippen molar-refractivity contribution in [2.45, 2.75) is 4.90 Å². The Hall–Kier alpha value is -1.41. The number of likely N-dealkylation sites (N-methyl/N-ethyl adjacent to an activating group) is 1. The summed E-state index contributed by atoms with van der Waals surface area (Å²) in [6.07, 6.45) is 1.37. The molecule has 0 aliphatic carbocycles. The lowest BCUT2D eigenvalue weighted by molar-refractivity contribution is -0.137. The number of carboxylic acids is 1. The molecule has 1 heterocycles. The minimum absolute atomic E-state index is 0.0790. The van der Waals surface area contributed by atoms with E-state index in [9.17, 15) is 13.2 Å². The number of sulfonamides is 1. The maximum Gasteiger partial charge on any atom is 0.318 e. The van der Waals surface area contributed by atoms with Crippen molar-refractivity contribution in [3.05, 3.63) is 34.6 Å². The van der Waals surface area contributed by atoms with Crippen molar-refractivity contribution in [2.75, 3.05) is 13.6 Å². The summed E-state index contributed by atoms with van der Waals surface area (Å²) in [6, 6.07) is 4.18. The standard InChI is InChI=1S/C12H10Cl2N2O4S/c1-16(6-11(17)18)21(19,20)7-2-3-8-9(4-7)12(14)15-5-10(8)13/h2-5H,6H2,1H3,(H,17,18). The maximum atomic E-state index is 12.3. The normalized spacial score (nSPS) is 12.0. The number of halogens is 2. The van der Waals surface area contributed by atoms with E-state index in [0.29, 0.717) is 15.8 Å². The fourth-order valence-electron chi connectivity index (χ4n) is 1.77. The molecule has 2 aromatic rings. The Morgan fingerprint density at radius 3 is 2.62 bits per heavy atom. The largest absolute Gasteiger partial charge is 0.480 e. The summed E-state index contributed by atoms with van der Waals surface area (Å²) in [5, 5.41) is 10.1. The number of rotatable bonds is 4. The second kappa shape index (κ2) is 5.76. The van der Waals surface area contributed by atoms with E-state index in [2.05, 4.69) is 4.98 Å². The highest BCUT2D eigenvalue weighted by Gasteiger charge is 2.23. The van der Waals surface area contributed by atoms with Crippen LogP contribution in [0.15, 0.2) is 29.3 Å². The highest BCUT2D eigenvalue weighted by molar-refractivity contribution is 7.89. The van der Waals surface area contributed by atoms with Gasteiger partial charge < -0.3 is 5.11 Å². The van der Waals surface area contributed by atoms with Crippen LogP contribution in [0.4, 0.5) is 0 Å². The van der Waals surface area contributed by atoms with Gasteiger partial charge in [0.25, 0.3) is 0 Å². The third-order valence-corrected chi connectivity index (χ3v) is 5.23. The Bertz CT molecular complexity index is 823. The Balaban J connectivity index is 2.57. The quantitative estimate of drug-likeness (QED) is 0.856. The van der Waals surface area contributed by atoms with Crippen LogP contribution in [0, 0.1) is 0 Å². The number of fused-ring (bicyclic) bond motifs is 1. The molecule has 0 aliphatic rings. The molecule has 0 saturated heterocycles. The molecule has 0 amide bonds. The van der Waals surface area contributed by atoms with Gasteiger partial charge in [-0.2, -0.15) is 4.31 Å². The molecule has 0 unspecified atom stereocenters. The Labute approximate surface area is 131 Å². The first kappa shape index (κ1) is 16.0. The molecule has 6 nitrogen and oxygen atoms in total. The average molecular weight is 349 g/mol. The average Bonchev–Trinajstić information content (AvgIpc) is 2.42. The first-order valence-corrected chi connectivity index (χ1v) is 7.85. The van der Waals surface area contributed by atoms with Crippen LogP contribution in [0.1, 0.15) is 0 Å². The summed E-state index contributed by atoms with van der Waals surface area (Å²) in [5.41, 5.74) is 0. The number of carbonyl (C=O) groups is 1. The van der Waals surface area contributed by atoms with Gasteiger partial charge in [0.15, 0.2) is 0 Å². The van der Waals surface area contributed by atoms with E-state index < -0.39 is 22.5 Å². The summed E-state index contributed by atoms with van der Waals surface area (Å²) >= 11 is 11.9. The number of hydrogen-bond donors (Lipinski definition) is 1. The monoisotopic (exact) mass is 348 g/mol. The number of nitrogens with zero attached hydrogens (tertiary/aromatic N) is 2. The van der Waals surface area contributed by atoms with Crippen molar-refractivity contribution in [1.29, 1.82) is 0 Å². The maximum absolute atomic E-state index is 12.3. The fourth-order valence-corrected chi connectivity index (χ4v) is 3.34. The molecule has 0 bridgehead atoms. The molecule has 0 saturated carbocycles. The topological polar surface area (TPSA) is 87.6 Å². The molecule has 0 radical (unpaired) electrons. The zero-order chi connectivity index (χ0) is 15.8. The first-order chi connectivity index (χ1) is 9.73. The molecule has 1 N–H and O–H groups in total. The van der Waals surface area contributed by atoms with E-state index in [4.69, 9.17) is 28.3 Å². The summed E-state index contributed by atoms with van der Waals surface area (Å²) in [5.74, 6) is -1.25. The van der Waals surface area contributed by atoms with Gasteiger partial charge in [0.1, 0.15) is 11.7 Å². The van der Waals surface area contributed by atoms with Crippen LogP contribution in [0.2, 0.25) is 10.2 Å². The van der Waals surface area contributed by atoms with Gasteiger partial charge in [-0.3, -0.25) is 4.79 Å². The van der Waals surface area contributed by atoms with E-state index in [-0.39, 0.29) is 10.0 Å². The zero-order valence-corrected chi connectivity index (χ0v) is 13.1. The number of pyridine rings is 1. The van der Waals surface area contributed by atoms with E-state index >= 15 is 0 Å². The number of aromatic nitrogens is 1. The zero-order valence-electron chi connectivity index (χ0n) is 10.7. The van der Waals surface area contributed by atoms with Gasteiger partial charge in [0.2, 0.25) is 10.0 Å². The van der Waals surface area contributed by atoms with Gasteiger partial charge in [-0.1, -0.05) is 29.3 Å². The second-order valence-electron chi connectivity index (χ2n) is 4.26. The third kappa shape index (κ3) is 3.11. The predicted molar refractivity (Wildman–Crippen MR) is 79.2 cm³/mol. The summed E-state index contributed by atoms with van der Waals surface area (Å²) in [4.78, 5) is 14.4. The lowest BCUT2D eigenvalue weighted by atomic mass is 10.2. The molecular weight excluding hydrogens is 339 g/mol. The minimum Gasteiger partial charge on any atom is -0.480 e. The number of benzene rings is 1. The van der Waals surface area contributed by atoms with Gasteiger partial charge in [-0.25, -0.2) is 13.4 Å². The van der Waals surface area contributed by atoms with Crippen LogP contribution >= 0.6 is 23.2 Å². The highest BCUT2D eigenvalue weighted by atomic mass is 35.5. The van der Waals surface area contributed by atoms with Crippen molar-refractivity contribution < 1.29 is 18.3 Å². The Morgan fingerprint density at radius 2 is 2.00 bits per heavy atom. The van der Waals surface area contributed by atoms with Crippen molar-refractivity contribution in [3.63, 3.8) is 0 Å². The van der Waals surface area contributed by atoms with Crippen molar-refractivity contribution >= 4 is 50.0 Å². The van der Waals surface area contributed by atoms with E-state index in [1.54, 1.807) is 0 Å². The second-order valence-corrected chi connectivity index (χ2v) is 7.07. The molecule has 0 fully saturated rings. The number of aliphatic carboxylic acids is 1. The molecule has 0 spiro atoms. The van der Waals surface area contributed by atoms with Gasteiger partial charge in [0, 0.05) is 24.0 Å². The fraction of sp³-hybridized carbons (Fsp3) is 0.167. The van der Waals surface area contributed by atoms with Crippen LogP contribution in [0.3, 0.4) is 0 Å². The van der Waals surface area contributed by atoms with Crippen LogP contribution in [0.5, 0.6) is 0 Å². The summed E-state index contributed by atoms with van der Waals surface area (Å²) < 4.78 is 25.3. The van der Waals surface area contributed by atoms with Gasteiger partial charge >= 0.3 is 5.97 Å². The van der Waals surface area contributed by atoms with Crippen LogP contribution in [-0.4, -0.2) is 42.4 Å². The van der Waals surface area contributed by atoms with Crippen LogP contribution in [-0.2, 0) is 14.8 Å². The highest BCUT2D eigenvalue weighted by Crippen LogP contribution is 2.30. The smallest absolute Gasteiger partial charge is 0.318 e. The van der Waals surface area contributed by atoms with E-state index in [0.717, 1.165) is 4.31 Å². The molecule has 2 rings (SSSR count). The SMILES string of the molecule is CN(CC(=O)O)S(=O)(=O)c1ccc2c(Cl)cnc(Cl)c2c1. The lowest BCUT2D eigenvalue weighted by Gasteiger charge is -2.15. The summed E-state index contributed by atoms with van der Waals surface area (Å²) in [7, 11) is -2.75. The van der Waals surface area contributed by atoms with Crippen molar-refractivity contribution in [2.24, 2.45) is 0 Å². The number of hydrogen-bond acceptors (Lipinski definition) is 4. The summed E-state index contributed by atoms with van der Waals surface area (Å²) in [6.45, 7) is -0.637. The molecular formula is C12H10Cl2N2O4S. The van der Waals surface area contributed by atoms with Gasteiger partial charge in [0.05, 0.1) is 9.92 Å². The molecule has 112 valence electrons. The lowest BCUT2D eigenvalue weighted by Crippen LogP contribution is -2.32. The van der Waals surface area contributed by atoms with Crippen LogP contribution in [0.25, 0.3) is 10.8 Å². The van der Waals surface area contributed by atoms with Gasteiger partial charge in [-0.05, 0) is 12.1 Å². The molecule has 21 heavy (non-hydrogen) atoms. The Morgan fingerprint density at radius 1 is 1.33 bits per heavy atom. The van der Waals surface area contributed by atoms with E-state index in [1.807, 2.05) is 0 Å². The van der Waals surface area contributed by atoms with Gasteiger partial charge in [-0.15, -0.1) is 0 Å². The molecule has 1 aromatic heterocycles. The van der Waals surface area contributed by atoms with Crippen LogP contribution < -0.4 is 0 Å². The molecule has 1 aromatic carbocycles. The van der Waals surface area contributed by atoms with Crippen molar-refractivity contribution in [1.82, 2.24) is 9.29 Å². The Kier molecular flexibility index (Phi) is 4.38. The first-order valence-electron chi connectivity index (χ1n) is 5.65. The third-order valence-electron chi connectivity index (χ3n) is 2.83. The predicted octanol–water partition coefficient (Wildman–Crippen LogP) is 2.25. The molecule has 0 atom stereocenters. The minimum atomic E-state index is -3.93.